The lowest BCUT2D eigenvalue weighted by Gasteiger charge is -2.22. The molecule has 21 heavy (non-hydrogen) atoms. The second-order valence-electron chi connectivity index (χ2n) is 5.41. The van der Waals surface area contributed by atoms with E-state index in [9.17, 15) is 0 Å². The molecule has 4 heteroatoms. The number of halogens is 1. The van der Waals surface area contributed by atoms with E-state index in [1.54, 1.807) is 0 Å². The highest BCUT2D eigenvalue weighted by Gasteiger charge is 2.19. The van der Waals surface area contributed by atoms with Gasteiger partial charge in [-0.25, -0.2) is 0 Å². The highest BCUT2D eigenvalue weighted by Crippen LogP contribution is 2.23. The average molecular weight is 300 g/mol. The van der Waals surface area contributed by atoms with Crippen LogP contribution >= 0.6 is 11.6 Å². The third kappa shape index (κ3) is 2.94. The summed E-state index contributed by atoms with van der Waals surface area (Å²) in [6, 6.07) is 16.2. The number of rotatable bonds is 4. The summed E-state index contributed by atoms with van der Waals surface area (Å²) in [4.78, 5) is 0. The molecule has 0 bridgehead atoms. The molecule has 0 saturated heterocycles. The fourth-order valence-corrected chi connectivity index (χ4v) is 2.74. The smallest absolute Gasteiger partial charge is 0.0714 e. The van der Waals surface area contributed by atoms with Crippen LogP contribution < -0.4 is 5.73 Å². The second-order valence-corrected chi connectivity index (χ2v) is 5.84. The fraction of sp³-hybridized carbons (Fsp3) is 0.235. The van der Waals surface area contributed by atoms with E-state index in [4.69, 9.17) is 17.3 Å². The maximum atomic E-state index is 6.21. The van der Waals surface area contributed by atoms with Gasteiger partial charge >= 0.3 is 0 Å². The first kappa shape index (κ1) is 14.1. The fourth-order valence-electron chi connectivity index (χ4n) is 2.61. The van der Waals surface area contributed by atoms with Gasteiger partial charge in [-0.15, -0.1) is 0 Å². The Labute approximate surface area is 129 Å². The molecular weight excluding hydrogens is 282 g/mol. The first-order chi connectivity index (χ1) is 10.1. The summed E-state index contributed by atoms with van der Waals surface area (Å²) >= 11 is 5.95. The Morgan fingerprint density at radius 2 is 1.86 bits per heavy atom. The number of nitrogens with two attached hydrogens (primary N) is 1. The molecule has 0 unspecified atom stereocenters. The van der Waals surface area contributed by atoms with Crippen LogP contribution in [0.3, 0.4) is 0 Å². The number of para-hydroxylation sites is 1. The van der Waals surface area contributed by atoms with Crippen LogP contribution in [-0.2, 0) is 6.42 Å². The summed E-state index contributed by atoms with van der Waals surface area (Å²) in [5.74, 6) is 0. The van der Waals surface area contributed by atoms with Gasteiger partial charge in [0.25, 0.3) is 0 Å². The van der Waals surface area contributed by atoms with Crippen LogP contribution in [0.1, 0.15) is 18.5 Å². The van der Waals surface area contributed by atoms with Gasteiger partial charge in [0.05, 0.1) is 17.8 Å². The van der Waals surface area contributed by atoms with Gasteiger partial charge in [0.2, 0.25) is 0 Å². The average Bonchev–Trinajstić information content (AvgIpc) is 2.90. The molecule has 3 nitrogen and oxygen atoms in total. The summed E-state index contributed by atoms with van der Waals surface area (Å²) in [7, 11) is 0. The maximum Gasteiger partial charge on any atom is 0.0714 e. The molecule has 0 amide bonds. The van der Waals surface area contributed by atoms with Crippen LogP contribution in [0.5, 0.6) is 0 Å². The SMILES string of the molecule is C[C@H](N)[C@@H](Cc1ccc(Cl)cc1)n1ncc2ccccc21. The maximum absolute atomic E-state index is 6.21. The van der Waals surface area contributed by atoms with Gasteiger partial charge in [0.15, 0.2) is 0 Å². The molecule has 0 aliphatic rings. The van der Waals surface area contributed by atoms with E-state index < -0.39 is 0 Å². The predicted molar refractivity (Wildman–Crippen MR) is 87.6 cm³/mol. The summed E-state index contributed by atoms with van der Waals surface area (Å²) in [6.45, 7) is 2.02. The van der Waals surface area contributed by atoms with Crippen molar-refractivity contribution in [3.63, 3.8) is 0 Å². The Balaban J connectivity index is 1.96. The molecule has 1 aromatic heterocycles. The molecule has 0 aliphatic carbocycles. The zero-order chi connectivity index (χ0) is 14.8. The number of fused-ring (bicyclic) bond motifs is 1. The van der Waals surface area contributed by atoms with Crippen molar-refractivity contribution in [1.29, 1.82) is 0 Å². The molecule has 0 saturated carbocycles. The lowest BCUT2D eigenvalue weighted by molar-refractivity contribution is 0.402. The number of benzene rings is 2. The van der Waals surface area contributed by atoms with E-state index in [0.29, 0.717) is 0 Å². The Morgan fingerprint density at radius 1 is 1.14 bits per heavy atom. The lowest BCUT2D eigenvalue weighted by Crippen LogP contribution is -2.31. The number of hydrogen-bond acceptors (Lipinski definition) is 2. The highest BCUT2D eigenvalue weighted by atomic mass is 35.5. The summed E-state index contributed by atoms with van der Waals surface area (Å²) in [5.41, 5.74) is 8.54. The van der Waals surface area contributed by atoms with Crippen molar-refractivity contribution in [2.75, 3.05) is 0 Å². The van der Waals surface area contributed by atoms with Gasteiger partial charge < -0.3 is 5.73 Å². The van der Waals surface area contributed by atoms with Crippen LogP contribution in [0.2, 0.25) is 5.02 Å². The van der Waals surface area contributed by atoms with Crippen molar-refractivity contribution in [3.05, 3.63) is 65.3 Å². The minimum atomic E-state index is 0.00369. The number of aromatic nitrogens is 2. The molecule has 2 atom stereocenters. The minimum absolute atomic E-state index is 0.00369. The quantitative estimate of drug-likeness (QED) is 0.796. The molecule has 0 fully saturated rings. The van der Waals surface area contributed by atoms with E-state index in [1.807, 2.05) is 54.2 Å². The summed E-state index contributed by atoms with van der Waals surface area (Å²) < 4.78 is 2.04. The Kier molecular flexibility index (Phi) is 3.95. The van der Waals surface area contributed by atoms with E-state index in [1.165, 1.54) is 5.56 Å². The number of nitrogens with zero attached hydrogens (tertiary/aromatic N) is 2. The molecule has 3 aromatic rings. The molecular formula is C17H18ClN3. The normalized spacial score (nSPS) is 14.2. The Morgan fingerprint density at radius 3 is 2.57 bits per heavy atom. The first-order valence-corrected chi connectivity index (χ1v) is 7.45. The van der Waals surface area contributed by atoms with Gasteiger partial charge in [0, 0.05) is 16.5 Å². The van der Waals surface area contributed by atoms with Crippen molar-refractivity contribution >= 4 is 22.5 Å². The largest absolute Gasteiger partial charge is 0.326 e. The third-order valence-electron chi connectivity index (χ3n) is 3.78. The molecule has 2 N–H and O–H groups in total. The molecule has 0 spiro atoms. The van der Waals surface area contributed by atoms with Crippen LogP contribution in [0.15, 0.2) is 54.7 Å². The third-order valence-corrected chi connectivity index (χ3v) is 4.04. The molecule has 0 aliphatic heterocycles. The van der Waals surface area contributed by atoms with Crippen LogP contribution in [0.25, 0.3) is 10.9 Å². The molecule has 2 aromatic carbocycles. The first-order valence-electron chi connectivity index (χ1n) is 7.07. The standard InChI is InChI=1S/C17H18ClN3/c1-12(19)17(10-13-6-8-15(18)9-7-13)21-16-5-3-2-4-14(16)11-20-21/h2-9,11-12,17H,10,19H2,1H3/t12-,17+/m0/s1. The molecule has 0 radical (unpaired) electrons. The van der Waals surface area contributed by atoms with E-state index in [2.05, 4.69) is 17.2 Å². The van der Waals surface area contributed by atoms with Crippen molar-refractivity contribution in [2.45, 2.75) is 25.4 Å². The summed E-state index contributed by atoms with van der Waals surface area (Å²) in [6.07, 6.45) is 2.73. The zero-order valence-electron chi connectivity index (χ0n) is 11.9. The predicted octanol–water partition coefficient (Wildman–Crippen LogP) is 3.82. The Bertz CT molecular complexity index is 731. The van der Waals surface area contributed by atoms with E-state index >= 15 is 0 Å². The zero-order valence-corrected chi connectivity index (χ0v) is 12.7. The topological polar surface area (TPSA) is 43.8 Å². The van der Waals surface area contributed by atoms with Gasteiger partial charge in [0.1, 0.15) is 0 Å². The van der Waals surface area contributed by atoms with Crippen molar-refractivity contribution in [3.8, 4) is 0 Å². The lowest BCUT2D eigenvalue weighted by atomic mass is 10.0. The second kappa shape index (κ2) is 5.88. The highest BCUT2D eigenvalue weighted by molar-refractivity contribution is 6.30. The Hall–Kier alpha value is -1.84. The van der Waals surface area contributed by atoms with Gasteiger partial charge in [-0.3, -0.25) is 4.68 Å². The van der Waals surface area contributed by atoms with Gasteiger partial charge in [-0.1, -0.05) is 41.9 Å². The van der Waals surface area contributed by atoms with Crippen LogP contribution in [0.4, 0.5) is 0 Å². The van der Waals surface area contributed by atoms with Gasteiger partial charge in [-0.05, 0) is 37.1 Å². The molecule has 3 rings (SSSR count). The van der Waals surface area contributed by atoms with Crippen molar-refractivity contribution in [1.82, 2.24) is 9.78 Å². The summed E-state index contributed by atoms with van der Waals surface area (Å²) in [5, 5.41) is 6.43. The van der Waals surface area contributed by atoms with Crippen molar-refractivity contribution < 1.29 is 0 Å². The number of hydrogen-bond donors (Lipinski definition) is 1. The molecule has 108 valence electrons. The van der Waals surface area contributed by atoms with Crippen LogP contribution in [0, 0.1) is 0 Å². The minimum Gasteiger partial charge on any atom is -0.326 e. The van der Waals surface area contributed by atoms with Gasteiger partial charge in [-0.2, -0.15) is 5.10 Å². The van der Waals surface area contributed by atoms with E-state index in [0.717, 1.165) is 22.3 Å². The van der Waals surface area contributed by atoms with Crippen molar-refractivity contribution in [2.24, 2.45) is 5.73 Å². The molecule has 1 heterocycles. The van der Waals surface area contributed by atoms with E-state index in [-0.39, 0.29) is 12.1 Å². The van der Waals surface area contributed by atoms with Crippen LogP contribution in [-0.4, -0.2) is 15.8 Å². The monoisotopic (exact) mass is 299 g/mol.